The standard InChI is InChI=1S/C18H27N3O4.HI/c1-4-19-18(21-9-7-14(8-10-21)17(23)25-3)20-12-13-5-6-16(24-2)15(22)11-13;/h5-6,11,14,22H,4,7-10,12H2,1-3H3,(H,19,20);1H. The van der Waals surface area contributed by atoms with Crippen LogP contribution in [0.1, 0.15) is 25.3 Å². The van der Waals surface area contributed by atoms with E-state index < -0.39 is 0 Å². The lowest BCUT2D eigenvalue weighted by atomic mass is 9.97. The molecule has 1 aromatic rings. The highest BCUT2D eigenvalue weighted by atomic mass is 127. The summed E-state index contributed by atoms with van der Waals surface area (Å²) in [6.45, 7) is 4.77. The molecular weight excluding hydrogens is 449 g/mol. The van der Waals surface area contributed by atoms with Crippen molar-refractivity contribution in [1.82, 2.24) is 10.2 Å². The topological polar surface area (TPSA) is 83.4 Å². The van der Waals surface area contributed by atoms with Gasteiger partial charge in [0.25, 0.3) is 0 Å². The van der Waals surface area contributed by atoms with Crippen molar-refractivity contribution >= 4 is 35.9 Å². The Morgan fingerprint density at radius 2 is 2.04 bits per heavy atom. The Balaban J connectivity index is 0.00000338. The minimum atomic E-state index is -0.129. The van der Waals surface area contributed by atoms with Crippen molar-refractivity contribution < 1.29 is 19.4 Å². The number of carbonyl (C=O) groups excluding carboxylic acids is 1. The van der Waals surface area contributed by atoms with Crippen molar-refractivity contribution in [3.8, 4) is 11.5 Å². The number of guanidine groups is 1. The second-order valence-electron chi connectivity index (χ2n) is 5.96. The van der Waals surface area contributed by atoms with Crippen LogP contribution in [0.3, 0.4) is 0 Å². The van der Waals surface area contributed by atoms with Crippen LogP contribution in [-0.2, 0) is 16.1 Å². The molecule has 2 rings (SSSR count). The number of aliphatic imine (C=N–C) groups is 1. The van der Waals surface area contributed by atoms with Gasteiger partial charge in [0.1, 0.15) is 0 Å². The van der Waals surface area contributed by atoms with E-state index >= 15 is 0 Å². The van der Waals surface area contributed by atoms with Gasteiger partial charge in [-0.25, -0.2) is 4.99 Å². The first kappa shape index (κ1) is 22.3. The number of carbonyl (C=O) groups is 1. The molecule has 1 heterocycles. The molecule has 1 fully saturated rings. The van der Waals surface area contributed by atoms with Crippen LogP contribution in [0.15, 0.2) is 23.2 Å². The van der Waals surface area contributed by atoms with E-state index in [1.54, 1.807) is 12.1 Å². The molecule has 1 aliphatic heterocycles. The molecule has 8 heteroatoms. The number of halogens is 1. The molecule has 0 radical (unpaired) electrons. The minimum Gasteiger partial charge on any atom is -0.504 e. The number of phenols is 1. The Morgan fingerprint density at radius 1 is 1.35 bits per heavy atom. The van der Waals surface area contributed by atoms with Crippen LogP contribution < -0.4 is 10.1 Å². The molecule has 0 amide bonds. The Labute approximate surface area is 171 Å². The highest BCUT2D eigenvalue weighted by Gasteiger charge is 2.26. The van der Waals surface area contributed by atoms with Crippen molar-refractivity contribution in [2.45, 2.75) is 26.3 Å². The molecule has 0 bridgehead atoms. The van der Waals surface area contributed by atoms with Gasteiger partial charge < -0.3 is 24.8 Å². The number of aromatic hydroxyl groups is 1. The van der Waals surface area contributed by atoms with Gasteiger partial charge in [0, 0.05) is 19.6 Å². The lowest BCUT2D eigenvalue weighted by Crippen LogP contribution is -2.46. The van der Waals surface area contributed by atoms with Gasteiger partial charge in [-0.15, -0.1) is 24.0 Å². The Bertz CT molecular complexity index is 616. The number of nitrogens with one attached hydrogen (secondary N) is 1. The smallest absolute Gasteiger partial charge is 0.308 e. The molecule has 0 unspecified atom stereocenters. The normalized spacial score (nSPS) is 15.2. The van der Waals surface area contributed by atoms with Gasteiger partial charge in [-0.1, -0.05) is 6.07 Å². The van der Waals surface area contributed by atoms with Crippen LogP contribution in [0.2, 0.25) is 0 Å². The third-order valence-corrected chi connectivity index (χ3v) is 4.32. The third-order valence-electron chi connectivity index (χ3n) is 4.32. The zero-order chi connectivity index (χ0) is 18.2. The maximum Gasteiger partial charge on any atom is 0.308 e. The van der Waals surface area contributed by atoms with Gasteiger partial charge in [-0.3, -0.25) is 4.79 Å². The fraction of sp³-hybridized carbons (Fsp3) is 0.556. The summed E-state index contributed by atoms with van der Waals surface area (Å²) in [5, 5.41) is 13.2. The summed E-state index contributed by atoms with van der Waals surface area (Å²) in [4.78, 5) is 18.5. The summed E-state index contributed by atoms with van der Waals surface area (Å²) in [7, 11) is 2.96. The average molecular weight is 477 g/mol. The number of rotatable bonds is 5. The highest BCUT2D eigenvalue weighted by molar-refractivity contribution is 14.0. The first-order valence-electron chi connectivity index (χ1n) is 8.56. The zero-order valence-electron chi connectivity index (χ0n) is 15.5. The molecule has 26 heavy (non-hydrogen) atoms. The molecule has 2 N–H and O–H groups in total. The summed E-state index contributed by atoms with van der Waals surface area (Å²) in [5.41, 5.74) is 0.901. The molecular formula is C18H28IN3O4. The van der Waals surface area contributed by atoms with E-state index in [2.05, 4.69) is 15.2 Å². The molecule has 0 aromatic heterocycles. The number of hydrogen-bond acceptors (Lipinski definition) is 5. The summed E-state index contributed by atoms with van der Waals surface area (Å²) in [5.74, 6) is 1.22. The quantitative estimate of drug-likeness (QED) is 0.293. The predicted octanol–water partition coefficient (Wildman–Crippen LogP) is 2.37. The second kappa shape index (κ2) is 11.1. The molecule has 0 saturated carbocycles. The average Bonchev–Trinajstić information content (AvgIpc) is 2.64. The van der Waals surface area contributed by atoms with Gasteiger partial charge in [-0.05, 0) is 37.5 Å². The van der Waals surface area contributed by atoms with Crippen molar-refractivity contribution in [1.29, 1.82) is 0 Å². The number of piperidine rings is 1. The number of ether oxygens (including phenoxy) is 2. The summed E-state index contributed by atoms with van der Waals surface area (Å²) in [6.07, 6.45) is 1.53. The van der Waals surface area contributed by atoms with Crippen molar-refractivity contribution in [3.05, 3.63) is 23.8 Å². The van der Waals surface area contributed by atoms with Crippen LogP contribution in [0.4, 0.5) is 0 Å². The molecule has 0 spiro atoms. The lowest BCUT2D eigenvalue weighted by molar-refractivity contribution is -0.146. The molecule has 0 aliphatic carbocycles. The Kier molecular flexibility index (Phi) is 9.53. The van der Waals surface area contributed by atoms with Crippen molar-refractivity contribution in [2.75, 3.05) is 33.9 Å². The minimum absolute atomic E-state index is 0. The van der Waals surface area contributed by atoms with Crippen molar-refractivity contribution in [3.63, 3.8) is 0 Å². The SMILES string of the molecule is CCNC(=NCc1ccc(OC)c(O)c1)N1CCC(C(=O)OC)CC1.I. The van der Waals surface area contributed by atoms with Gasteiger partial charge in [-0.2, -0.15) is 0 Å². The van der Waals surface area contributed by atoms with Gasteiger partial charge in [0.15, 0.2) is 17.5 Å². The van der Waals surface area contributed by atoms with E-state index in [0.717, 1.165) is 44.0 Å². The van der Waals surface area contributed by atoms with Crippen LogP contribution in [0, 0.1) is 5.92 Å². The van der Waals surface area contributed by atoms with E-state index in [9.17, 15) is 9.90 Å². The van der Waals surface area contributed by atoms with E-state index in [1.807, 2.05) is 13.0 Å². The predicted molar refractivity (Wildman–Crippen MR) is 111 cm³/mol. The Morgan fingerprint density at radius 3 is 2.58 bits per heavy atom. The molecule has 1 aromatic carbocycles. The molecule has 7 nitrogen and oxygen atoms in total. The number of methoxy groups -OCH3 is 2. The molecule has 0 atom stereocenters. The van der Waals surface area contributed by atoms with Crippen LogP contribution in [-0.4, -0.2) is 55.8 Å². The fourth-order valence-corrected chi connectivity index (χ4v) is 2.92. The maximum absolute atomic E-state index is 11.6. The van der Waals surface area contributed by atoms with Crippen molar-refractivity contribution in [2.24, 2.45) is 10.9 Å². The first-order chi connectivity index (χ1) is 12.1. The summed E-state index contributed by atoms with van der Waals surface area (Å²) >= 11 is 0. The number of likely N-dealkylation sites (tertiary alicyclic amines) is 1. The number of hydrogen-bond donors (Lipinski definition) is 2. The number of esters is 1. The lowest BCUT2D eigenvalue weighted by Gasteiger charge is -2.33. The van der Waals surface area contributed by atoms with Crippen LogP contribution in [0.25, 0.3) is 0 Å². The third kappa shape index (κ3) is 5.93. The van der Waals surface area contributed by atoms with E-state index in [-0.39, 0.29) is 41.6 Å². The summed E-state index contributed by atoms with van der Waals surface area (Å²) < 4.78 is 9.88. The van der Waals surface area contributed by atoms with Gasteiger partial charge in [0.05, 0.1) is 26.7 Å². The fourth-order valence-electron chi connectivity index (χ4n) is 2.92. The number of nitrogens with zero attached hydrogens (tertiary/aromatic N) is 2. The van der Waals surface area contributed by atoms with Gasteiger partial charge >= 0.3 is 5.97 Å². The zero-order valence-corrected chi connectivity index (χ0v) is 17.9. The maximum atomic E-state index is 11.6. The largest absolute Gasteiger partial charge is 0.504 e. The summed E-state index contributed by atoms with van der Waals surface area (Å²) in [6, 6.07) is 5.28. The van der Waals surface area contributed by atoms with Crippen LogP contribution in [0.5, 0.6) is 11.5 Å². The second-order valence-corrected chi connectivity index (χ2v) is 5.96. The first-order valence-corrected chi connectivity index (χ1v) is 8.56. The highest BCUT2D eigenvalue weighted by Crippen LogP contribution is 2.26. The van der Waals surface area contributed by atoms with E-state index in [4.69, 9.17) is 9.47 Å². The van der Waals surface area contributed by atoms with Crippen LogP contribution >= 0.6 is 24.0 Å². The van der Waals surface area contributed by atoms with E-state index in [0.29, 0.717) is 12.3 Å². The molecule has 1 aliphatic rings. The molecule has 1 saturated heterocycles. The van der Waals surface area contributed by atoms with E-state index in [1.165, 1.54) is 14.2 Å². The number of benzene rings is 1. The molecule has 146 valence electrons. The number of phenolic OH excluding ortho intramolecular Hbond substituents is 1. The van der Waals surface area contributed by atoms with Gasteiger partial charge in [0.2, 0.25) is 0 Å². The Hall–Kier alpha value is -1.71. The monoisotopic (exact) mass is 477 g/mol.